The lowest BCUT2D eigenvalue weighted by atomic mass is 10.0. The van der Waals surface area contributed by atoms with Crippen LogP contribution in [0.15, 0.2) is 36.4 Å². The Kier molecular flexibility index (Phi) is 6.77. The molecule has 3 aliphatic heterocycles. The number of benzene rings is 2. The second-order valence-corrected chi connectivity index (χ2v) is 9.81. The highest BCUT2D eigenvalue weighted by Gasteiger charge is 2.40. The van der Waals surface area contributed by atoms with Gasteiger partial charge in [0.1, 0.15) is 24.2 Å². The summed E-state index contributed by atoms with van der Waals surface area (Å²) in [5, 5.41) is 2.31. The van der Waals surface area contributed by atoms with Crippen LogP contribution in [0, 0.1) is 5.82 Å². The number of carbonyl (C=O) groups excluding carboxylic acids is 3. The molecule has 2 saturated heterocycles. The van der Waals surface area contributed by atoms with E-state index in [1.165, 1.54) is 4.90 Å². The van der Waals surface area contributed by atoms with E-state index in [9.17, 15) is 14.4 Å². The van der Waals surface area contributed by atoms with Gasteiger partial charge in [-0.1, -0.05) is 24.3 Å². The number of nitrogens with one attached hydrogen (secondary N) is 1. The number of ether oxygens (including phenoxy) is 2. The van der Waals surface area contributed by atoms with E-state index < -0.39 is 11.9 Å². The number of hydrogen-bond donors (Lipinski definition) is 1. The predicted octanol–water partition coefficient (Wildman–Crippen LogP) is 2.77. The van der Waals surface area contributed by atoms with Gasteiger partial charge in [0.05, 0.1) is 18.8 Å². The predicted molar refractivity (Wildman–Crippen MR) is 129 cm³/mol. The van der Waals surface area contributed by atoms with Crippen molar-refractivity contribution >= 4 is 17.7 Å². The number of nitrogens with zero attached hydrogens (tertiary/aromatic N) is 2. The first-order chi connectivity index (χ1) is 17.3. The van der Waals surface area contributed by atoms with Crippen molar-refractivity contribution in [2.45, 2.75) is 64.6 Å². The monoisotopic (exact) mass is 495 g/mol. The third-order valence-electron chi connectivity index (χ3n) is 6.97. The van der Waals surface area contributed by atoms with Gasteiger partial charge in [-0.15, -0.1) is 0 Å². The van der Waals surface area contributed by atoms with E-state index in [1.807, 2.05) is 19.9 Å². The van der Waals surface area contributed by atoms with Crippen LogP contribution in [-0.4, -0.2) is 58.9 Å². The van der Waals surface area contributed by atoms with Crippen LogP contribution in [0.25, 0.3) is 0 Å². The number of amides is 3. The van der Waals surface area contributed by atoms with Crippen molar-refractivity contribution in [3.05, 3.63) is 64.5 Å². The van der Waals surface area contributed by atoms with Crippen LogP contribution >= 0.6 is 0 Å². The summed E-state index contributed by atoms with van der Waals surface area (Å²) >= 11 is 0. The first-order valence-electron chi connectivity index (χ1n) is 12.3. The van der Waals surface area contributed by atoms with Crippen molar-refractivity contribution in [3.8, 4) is 5.75 Å². The van der Waals surface area contributed by atoms with Gasteiger partial charge in [0, 0.05) is 48.3 Å². The standard InChI is InChI=1S/C27H30FN3O5/c1-16-11-30(12-17(2)36-16)13-18-5-3-6-19(25(18)28)15-35-23-8-4-7-20-21(23)14-31(27(20)34)22-9-10-24(32)29-26(22)33/h3-8,16-17,22H,9-15H2,1-2H3,(H,29,32,33). The van der Waals surface area contributed by atoms with Crippen LogP contribution < -0.4 is 10.1 Å². The first kappa shape index (κ1) is 24.4. The molecule has 9 heteroatoms. The van der Waals surface area contributed by atoms with E-state index in [2.05, 4.69) is 10.2 Å². The van der Waals surface area contributed by atoms with Gasteiger partial charge in [-0.3, -0.25) is 24.6 Å². The number of hydrogen-bond acceptors (Lipinski definition) is 6. The van der Waals surface area contributed by atoms with Crippen LogP contribution in [-0.2, 0) is 34.0 Å². The number of carbonyl (C=O) groups is 3. The molecule has 1 N–H and O–H groups in total. The molecule has 3 amide bonds. The van der Waals surface area contributed by atoms with E-state index in [0.29, 0.717) is 41.0 Å². The molecule has 0 aliphatic carbocycles. The SMILES string of the molecule is CC1CN(Cc2cccc(COc3cccc4c3CN(C3CCC(=O)NC3=O)C4=O)c2F)CC(C)O1. The average Bonchev–Trinajstić information content (AvgIpc) is 3.16. The van der Waals surface area contributed by atoms with Crippen molar-refractivity contribution in [1.29, 1.82) is 0 Å². The number of fused-ring (bicyclic) bond motifs is 1. The minimum absolute atomic E-state index is 0.0125. The molecule has 0 spiro atoms. The van der Waals surface area contributed by atoms with Crippen LogP contribution in [0.5, 0.6) is 5.75 Å². The second-order valence-electron chi connectivity index (χ2n) is 9.81. The van der Waals surface area contributed by atoms with E-state index in [0.717, 1.165) is 13.1 Å². The Hall–Kier alpha value is -3.30. The van der Waals surface area contributed by atoms with Crippen LogP contribution in [0.4, 0.5) is 4.39 Å². The first-order valence-corrected chi connectivity index (χ1v) is 12.3. The highest BCUT2D eigenvalue weighted by molar-refractivity contribution is 6.05. The number of halogens is 1. The summed E-state index contributed by atoms with van der Waals surface area (Å²) in [7, 11) is 0. The van der Waals surface area contributed by atoms with E-state index >= 15 is 4.39 Å². The van der Waals surface area contributed by atoms with Crippen LogP contribution in [0.2, 0.25) is 0 Å². The van der Waals surface area contributed by atoms with Crippen molar-refractivity contribution in [1.82, 2.24) is 15.1 Å². The van der Waals surface area contributed by atoms with E-state index in [-0.39, 0.29) is 49.4 Å². The maximum Gasteiger partial charge on any atom is 0.255 e. The maximum atomic E-state index is 15.4. The average molecular weight is 496 g/mol. The quantitative estimate of drug-likeness (QED) is 0.620. The molecule has 8 nitrogen and oxygen atoms in total. The largest absolute Gasteiger partial charge is 0.488 e. The molecule has 2 fully saturated rings. The molecular weight excluding hydrogens is 465 g/mol. The number of piperidine rings is 1. The van der Waals surface area contributed by atoms with E-state index in [1.54, 1.807) is 30.3 Å². The van der Waals surface area contributed by atoms with Gasteiger partial charge in [-0.05, 0) is 32.4 Å². The van der Waals surface area contributed by atoms with Gasteiger partial charge >= 0.3 is 0 Å². The minimum Gasteiger partial charge on any atom is -0.488 e. The van der Waals surface area contributed by atoms with Gasteiger partial charge in [-0.2, -0.15) is 0 Å². The molecule has 3 unspecified atom stereocenters. The molecule has 0 saturated carbocycles. The third-order valence-corrected chi connectivity index (χ3v) is 6.97. The molecule has 36 heavy (non-hydrogen) atoms. The Morgan fingerprint density at radius 1 is 1.06 bits per heavy atom. The molecule has 0 radical (unpaired) electrons. The minimum atomic E-state index is -0.699. The van der Waals surface area contributed by atoms with Crippen LogP contribution in [0.3, 0.4) is 0 Å². The van der Waals surface area contributed by atoms with Gasteiger partial charge in [0.25, 0.3) is 5.91 Å². The number of imide groups is 1. The highest BCUT2D eigenvalue weighted by atomic mass is 19.1. The zero-order chi connectivity index (χ0) is 25.4. The van der Waals surface area contributed by atoms with Crippen molar-refractivity contribution in [3.63, 3.8) is 0 Å². The summed E-state index contributed by atoms with van der Waals surface area (Å²) in [6.07, 6.45) is 0.689. The van der Waals surface area contributed by atoms with Gasteiger partial charge in [-0.25, -0.2) is 4.39 Å². The molecule has 3 aliphatic rings. The lowest BCUT2D eigenvalue weighted by Gasteiger charge is -2.35. The Bertz CT molecular complexity index is 1190. The van der Waals surface area contributed by atoms with E-state index in [4.69, 9.17) is 9.47 Å². The van der Waals surface area contributed by atoms with Gasteiger partial charge < -0.3 is 14.4 Å². The summed E-state index contributed by atoms with van der Waals surface area (Å²) in [6, 6.07) is 9.78. The Labute approximate surface area is 209 Å². The molecular formula is C27H30FN3O5. The normalized spacial score (nSPS) is 24.6. The fraction of sp³-hybridized carbons (Fsp3) is 0.444. The molecule has 0 bridgehead atoms. The highest BCUT2D eigenvalue weighted by Crippen LogP contribution is 2.34. The summed E-state index contributed by atoms with van der Waals surface area (Å²) in [6.45, 7) is 6.25. The molecule has 0 aromatic heterocycles. The molecule has 3 atom stereocenters. The summed E-state index contributed by atoms with van der Waals surface area (Å²) in [5.74, 6) is -0.870. The molecule has 3 heterocycles. The van der Waals surface area contributed by atoms with Crippen molar-refractivity contribution in [2.75, 3.05) is 13.1 Å². The Balaban J connectivity index is 1.29. The summed E-state index contributed by atoms with van der Waals surface area (Å²) < 4.78 is 27.2. The molecule has 5 rings (SSSR count). The second kappa shape index (κ2) is 9.99. The smallest absolute Gasteiger partial charge is 0.255 e. The van der Waals surface area contributed by atoms with Crippen molar-refractivity contribution in [2.24, 2.45) is 0 Å². The topological polar surface area (TPSA) is 88.2 Å². The fourth-order valence-electron chi connectivity index (χ4n) is 5.37. The Morgan fingerprint density at radius 3 is 2.53 bits per heavy atom. The lowest BCUT2D eigenvalue weighted by molar-refractivity contribution is -0.136. The fourth-order valence-corrected chi connectivity index (χ4v) is 5.37. The maximum absolute atomic E-state index is 15.4. The van der Waals surface area contributed by atoms with Crippen LogP contribution in [0.1, 0.15) is 53.7 Å². The Morgan fingerprint density at radius 2 is 1.78 bits per heavy atom. The summed E-state index contributed by atoms with van der Waals surface area (Å²) in [5.41, 5.74) is 2.17. The number of rotatable bonds is 6. The summed E-state index contributed by atoms with van der Waals surface area (Å²) in [4.78, 5) is 40.5. The zero-order valence-corrected chi connectivity index (χ0v) is 20.5. The third kappa shape index (κ3) is 4.85. The van der Waals surface area contributed by atoms with Crippen molar-refractivity contribution < 1.29 is 28.2 Å². The molecule has 2 aromatic rings. The number of morpholine rings is 1. The molecule has 2 aromatic carbocycles. The zero-order valence-electron chi connectivity index (χ0n) is 20.5. The lowest BCUT2D eigenvalue weighted by Crippen LogP contribution is -2.52. The van der Waals surface area contributed by atoms with Gasteiger partial charge in [0.15, 0.2) is 0 Å². The van der Waals surface area contributed by atoms with Gasteiger partial charge in [0.2, 0.25) is 11.8 Å². The molecule has 190 valence electrons.